The van der Waals surface area contributed by atoms with Gasteiger partial charge in [-0.3, -0.25) is 4.90 Å². The summed E-state index contributed by atoms with van der Waals surface area (Å²) in [4.78, 5) is 6.03. The molecule has 0 saturated carbocycles. The second-order valence-corrected chi connectivity index (χ2v) is 3.64. The molecule has 0 fully saturated rings. The van der Waals surface area contributed by atoms with Crippen molar-refractivity contribution < 1.29 is 0 Å². The molecule has 0 amide bonds. The summed E-state index contributed by atoms with van der Waals surface area (Å²) in [5, 5.41) is 9.60. The van der Waals surface area contributed by atoms with Crippen LogP contribution in [0.25, 0.3) is 0 Å². The fourth-order valence-corrected chi connectivity index (χ4v) is 1.90. The Hall–Kier alpha value is -1.05. The van der Waals surface area contributed by atoms with Gasteiger partial charge in [0.1, 0.15) is 6.04 Å². The Balaban J connectivity index is 3.08. The molecule has 1 heterocycles. The molecule has 0 aliphatic heterocycles. The topological polar surface area (TPSA) is 44.9 Å². The summed E-state index contributed by atoms with van der Waals surface area (Å²) in [6.07, 6.45) is 1.63. The zero-order valence-electron chi connectivity index (χ0n) is 9.24. The van der Waals surface area contributed by atoms with Gasteiger partial charge in [0.25, 0.3) is 0 Å². The van der Waals surface area contributed by atoms with E-state index in [-0.39, 0.29) is 6.04 Å². The molecule has 0 N–H and O–H groups in total. The van der Waals surface area contributed by atoms with E-state index in [1.165, 1.54) is 0 Å². The molecule has 5 heteroatoms. The molecular weight excluding hydrogens is 212 g/mol. The summed E-state index contributed by atoms with van der Waals surface area (Å²) in [7, 11) is 1.85. The van der Waals surface area contributed by atoms with E-state index in [1.807, 2.05) is 25.8 Å². The lowest BCUT2D eigenvalue weighted by Gasteiger charge is -2.24. The van der Waals surface area contributed by atoms with Crippen molar-refractivity contribution in [2.24, 2.45) is 7.05 Å². The minimum atomic E-state index is -0.319. The second kappa shape index (κ2) is 5.15. The molecule has 82 valence electrons. The smallest absolute Gasteiger partial charge is 0.152 e. The Morgan fingerprint density at radius 2 is 2.20 bits per heavy atom. The van der Waals surface area contributed by atoms with Gasteiger partial charge in [-0.25, -0.2) is 4.98 Å². The molecule has 0 radical (unpaired) electrons. The number of hydrogen-bond donors (Lipinski definition) is 0. The van der Waals surface area contributed by atoms with Crippen LogP contribution in [0.1, 0.15) is 25.6 Å². The van der Waals surface area contributed by atoms with Crippen LogP contribution in [-0.4, -0.2) is 27.5 Å². The first-order chi connectivity index (χ1) is 7.15. The first-order valence-electron chi connectivity index (χ1n) is 4.96. The number of aromatic nitrogens is 2. The van der Waals surface area contributed by atoms with Gasteiger partial charge in [-0.1, -0.05) is 25.4 Å². The van der Waals surface area contributed by atoms with Gasteiger partial charge in [0.05, 0.1) is 18.1 Å². The van der Waals surface area contributed by atoms with Crippen molar-refractivity contribution >= 4 is 11.6 Å². The molecule has 4 nitrogen and oxygen atoms in total. The number of hydrogen-bond acceptors (Lipinski definition) is 3. The van der Waals surface area contributed by atoms with E-state index < -0.39 is 0 Å². The Kier molecular flexibility index (Phi) is 4.13. The number of nitrogens with zero attached hydrogens (tertiary/aromatic N) is 4. The maximum absolute atomic E-state index is 9.19. The fraction of sp³-hybridized carbons (Fsp3) is 0.600. The number of rotatable bonds is 4. The molecule has 1 aromatic heterocycles. The predicted octanol–water partition coefficient (Wildman–Crippen LogP) is 1.98. The Morgan fingerprint density at radius 3 is 2.53 bits per heavy atom. The van der Waals surface area contributed by atoms with Crippen molar-refractivity contribution in [3.63, 3.8) is 0 Å². The Labute approximate surface area is 95.1 Å². The largest absolute Gasteiger partial charge is 0.334 e. The van der Waals surface area contributed by atoms with Gasteiger partial charge in [0.2, 0.25) is 0 Å². The number of imidazole rings is 1. The molecule has 1 aromatic rings. The van der Waals surface area contributed by atoms with Crippen molar-refractivity contribution in [1.82, 2.24) is 14.5 Å². The first kappa shape index (κ1) is 12.0. The molecule has 0 spiro atoms. The van der Waals surface area contributed by atoms with E-state index in [4.69, 9.17) is 11.6 Å². The lowest BCUT2D eigenvalue weighted by atomic mass is 10.2. The van der Waals surface area contributed by atoms with Gasteiger partial charge >= 0.3 is 0 Å². The third kappa shape index (κ3) is 2.31. The van der Waals surface area contributed by atoms with E-state index in [9.17, 15) is 5.26 Å². The van der Waals surface area contributed by atoms with E-state index in [1.54, 1.807) is 10.9 Å². The van der Waals surface area contributed by atoms with Crippen LogP contribution in [0.2, 0.25) is 5.15 Å². The van der Waals surface area contributed by atoms with Crippen LogP contribution >= 0.6 is 11.6 Å². The normalized spacial score (nSPS) is 12.8. The number of halogens is 1. The van der Waals surface area contributed by atoms with Crippen molar-refractivity contribution in [2.45, 2.75) is 19.9 Å². The van der Waals surface area contributed by atoms with Gasteiger partial charge in [0, 0.05) is 7.05 Å². The molecular formula is C10H15ClN4. The maximum atomic E-state index is 9.19. The highest BCUT2D eigenvalue weighted by Crippen LogP contribution is 2.25. The summed E-state index contributed by atoms with van der Waals surface area (Å²) < 4.78 is 1.80. The summed E-state index contributed by atoms with van der Waals surface area (Å²) in [5.74, 6) is 0. The number of aryl methyl sites for hydroxylation is 1. The molecule has 0 aliphatic rings. The highest BCUT2D eigenvalue weighted by molar-refractivity contribution is 6.30. The van der Waals surface area contributed by atoms with Crippen LogP contribution in [0, 0.1) is 11.3 Å². The van der Waals surface area contributed by atoms with Gasteiger partial charge < -0.3 is 4.57 Å². The first-order valence-corrected chi connectivity index (χ1v) is 5.33. The highest BCUT2D eigenvalue weighted by atomic mass is 35.5. The molecule has 0 saturated heterocycles. The molecule has 1 rings (SSSR count). The third-order valence-corrected chi connectivity index (χ3v) is 2.79. The molecule has 15 heavy (non-hydrogen) atoms. The predicted molar refractivity (Wildman–Crippen MR) is 59.5 cm³/mol. The average molecular weight is 227 g/mol. The van der Waals surface area contributed by atoms with Gasteiger partial charge in [-0.05, 0) is 13.1 Å². The fourth-order valence-electron chi connectivity index (χ4n) is 1.62. The molecule has 0 bridgehead atoms. The molecule has 1 atom stereocenters. The minimum Gasteiger partial charge on any atom is -0.334 e. The zero-order valence-corrected chi connectivity index (χ0v) is 9.99. The van der Waals surface area contributed by atoms with Crippen molar-refractivity contribution in [2.75, 3.05) is 13.1 Å². The second-order valence-electron chi connectivity index (χ2n) is 3.28. The minimum absolute atomic E-state index is 0.319. The Bertz CT molecular complexity index is 342. The maximum Gasteiger partial charge on any atom is 0.152 e. The van der Waals surface area contributed by atoms with Crippen LogP contribution in [0.3, 0.4) is 0 Å². The monoisotopic (exact) mass is 226 g/mol. The van der Waals surface area contributed by atoms with Gasteiger partial charge in [0.15, 0.2) is 5.15 Å². The van der Waals surface area contributed by atoms with Crippen LogP contribution in [-0.2, 0) is 7.05 Å². The lowest BCUT2D eigenvalue weighted by Crippen LogP contribution is -2.28. The van der Waals surface area contributed by atoms with E-state index in [0.29, 0.717) is 5.15 Å². The molecule has 0 aromatic carbocycles. The van der Waals surface area contributed by atoms with E-state index >= 15 is 0 Å². The number of nitriles is 1. The quantitative estimate of drug-likeness (QED) is 0.789. The summed E-state index contributed by atoms with van der Waals surface area (Å²) in [6.45, 7) is 5.68. The van der Waals surface area contributed by atoms with Crippen LogP contribution in [0.4, 0.5) is 0 Å². The van der Waals surface area contributed by atoms with Crippen LogP contribution in [0.5, 0.6) is 0 Å². The zero-order chi connectivity index (χ0) is 11.4. The van der Waals surface area contributed by atoms with Crippen molar-refractivity contribution in [3.05, 3.63) is 17.2 Å². The summed E-state index contributed by atoms with van der Waals surface area (Å²) >= 11 is 5.97. The van der Waals surface area contributed by atoms with Crippen LogP contribution < -0.4 is 0 Å². The average Bonchev–Trinajstić information content (AvgIpc) is 2.56. The van der Waals surface area contributed by atoms with Gasteiger partial charge in [-0.15, -0.1) is 0 Å². The highest BCUT2D eigenvalue weighted by Gasteiger charge is 2.23. The van der Waals surface area contributed by atoms with E-state index in [2.05, 4.69) is 11.1 Å². The summed E-state index contributed by atoms with van der Waals surface area (Å²) in [6, 6.07) is 1.95. The summed E-state index contributed by atoms with van der Waals surface area (Å²) in [5.41, 5.74) is 0.767. The van der Waals surface area contributed by atoms with Gasteiger partial charge in [-0.2, -0.15) is 5.26 Å². The molecule has 1 unspecified atom stereocenters. The molecule has 0 aliphatic carbocycles. The van der Waals surface area contributed by atoms with E-state index in [0.717, 1.165) is 18.8 Å². The third-order valence-electron chi connectivity index (χ3n) is 2.49. The van der Waals surface area contributed by atoms with Crippen molar-refractivity contribution in [1.29, 1.82) is 5.26 Å². The SMILES string of the molecule is CCN(CC)C(C#N)c1c(Cl)ncn1C. The standard InChI is InChI=1S/C10H15ClN4/c1-4-15(5-2)8(6-12)9-10(11)13-7-14(9)3/h7-8H,4-5H2,1-3H3. The Morgan fingerprint density at radius 1 is 1.60 bits per heavy atom. The van der Waals surface area contributed by atoms with Crippen molar-refractivity contribution in [3.8, 4) is 6.07 Å². The van der Waals surface area contributed by atoms with Crippen LogP contribution in [0.15, 0.2) is 6.33 Å². The lowest BCUT2D eigenvalue weighted by molar-refractivity contribution is 0.255.